The smallest absolute Gasteiger partial charge is 0.222 e. The number of piperazine rings is 1. The van der Waals surface area contributed by atoms with Crippen LogP contribution in [0.15, 0.2) is 54.9 Å². The fourth-order valence-electron chi connectivity index (χ4n) is 5.27. The molecule has 0 spiro atoms. The number of carbonyl (C=O) groups is 1. The molecule has 2 atom stereocenters. The minimum Gasteiger partial charge on any atom is -0.368 e. The van der Waals surface area contributed by atoms with Crippen LogP contribution >= 0.6 is 0 Å². The number of piperidine rings is 1. The van der Waals surface area contributed by atoms with Gasteiger partial charge in [-0.2, -0.15) is 0 Å². The van der Waals surface area contributed by atoms with Crippen molar-refractivity contribution >= 4 is 11.6 Å². The van der Waals surface area contributed by atoms with Gasteiger partial charge in [0, 0.05) is 69.8 Å². The zero-order valence-electron chi connectivity index (χ0n) is 19.6. The lowest BCUT2D eigenvalue weighted by Gasteiger charge is -2.42. The number of hydrogen-bond donors (Lipinski definition) is 0. The Morgan fingerprint density at radius 1 is 1.03 bits per heavy atom. The maximum absolute atomic E-state index is 13.0. The predicted octanol–water partition coefficient (Wildman–Crippen LogP) is 2.96. The highest BCUT2D eigenvalue weighted by atomic mass is 16.2. The van der Waals surface area contributed by atoms with Crippen LogP contribution in [0.2, 0.25) is 0 Å². The van der Waals surface area contributed by atoms with E-state index in [-0.39, 0.29) is 0 Å². The molecule has 1 aromatic heterocycles. The molecule has 172 valence electrons. The molecule has 6 nitrogen and oxygen atoms in total. The van der Waals surface area contributed by atoms with Crippen molar-refractivity contribution in [3.63, 3.8) is 0 Å². The summed E-state index contributed by atoms with van der Waals surface area (Å²) in [6, 6.07) is 15.2. The van der Waals surface area contributed by atoms with Crippen LogP contribution in [-0.4, -0.2) is 85.0 Å². The number of likely N-dealkylation sites (tertiary alicyclic amines) is 1. The van der Waals surface area contributed by atoms with Crippen LogP contribution in [0.4, 0.5) is 5.69 Å². The summed E-state index contributed by atoms with van der Waals surface area (Å²) in [5.74, 6) is 0.838. The molecule has 1 amide bonds. The summed E-state index contributed by atoms with van der Waals surface area (Å²) in [5.41, 5.74) is 2.52. The molecule has 2 saturated heterocycles. The van der Waals surface area contributed by atoms with E-state index in [2.05, 4.69) is 69.0 Å². The van der Waals surface area contributed by atoms with E-state index in [9.17, 15) is 4.79 Å². The number of anilines is 1. The quantitative estimate of drug-likeness (QED) is 0.669. The van der Waals surface area contributed by atoms with E-state index >= 15 is 0 Å². The number of carbonyl (C=O) groups excluding carboxylic acids is 1. The van der Waals surface area contributed by atoms with Crippen LogP contribution in [0.1, 0.15) is 24.8 Å². The Hall–Kier alpha value is -2.44. The van der Waals surface area contributed by atoms with Gasteiger partial charge >= 0.3 is 0 Å². The fourth-order valence-corrected chi connectivity index (χ4v) is 5.27. The number of rotatable bonds is 7. The van der Waals surface area contributed by atoms with Crippen LogP contribution in [0.3, 0.4) is 0 Å². The average molecular weight is 436 g/mol. The number of benzene rings is 1. The van der Waals surface area contributed by atoms with Crippen molar-refractivity contribution in [3.8, 4) is 0 Å². The summed E-state index contributed by atoms with van der Waals surface area (Å²) in [6.45, 7) is 6.57. The van der Waals surface area contributed by atoms with E-state index in [1.54, 1.807) is 0 Å². The number of pyridine rings is 1. The first-order valence-corrected chi connectivity index (χ1v) is 12.0. The molecule has 3 heterocycles. The van der Waals surface area contributed by atoms with Crippen molar-refractivity contribution in [1.29, 1.82) is 0 Å². The van der Waals surface area contributed by atoms with E-state index in [0.29, 0.717) is 24.3 Å². The first-order chi connectivity index (χ1) is 15.6. The second kappa shape index (κ2) is 10.9. The zero-order valence-corrected chi connectivity index (χ0v) is 19.6. The standard InChI is InChI=1S/C26H37N5O/c1-28(2)25-12-14-29(20-22-7-6-13-27-19-22)21-23(25)10-11-26(32)31-17-15-30(16-18-31)24-8-4-3-5-9-24/h3-9,13,19,23,25H,10-12,14-18,20-21H2,1-2H3/t23-,25+/m0/s1. The van der Waals surface area contributed by atoms with Crippen molar-refractivity contribution in [3.05, 3.63) is 60.4 Å². The molecule has 0 saturated carbocycles. The van der Waals surface area contributed by atoms with Crippen LogP contribution in [0, 0.1) is 5.92 Å². The molecule has 4 rings (SSSR count). The molecule has 0 bridgehead atoms. The number of hydrogen-bond acceptors (Lipinski definition) is 5. The second-order valence-electron chi connectivity index (χ2n) is 9.42. The molecule has 2 aromatic rings. The lowest BCUT2D eigenvalue weighted by atomic mass is 9.87. The predicted molar refractivity (Wildman–Crippen MR) is 130 cm³/mol. The third-order valence-electron chi connectivity index (χ3n) is 7.05. The first kappa shape index (κ1) is 22.7. The molecule has 2 aliphatic heterocycles. The van der Waals surface area contributed by atoms with E-state index in [0.717, 1.165) is 58.7 Å². The molecule has 2 fully saturated rings. The summed E-state index contributed by atoms with van der Waals surface area (Å²) < 4.78 is 0. The Morgan fingerprint density at radius 2 is 1.81 bits per heavy atom. The normalized spacial score (nSPS) is 22.3. The van der Waals surface area contributed by atoms with Gasteiger partial charge in [-0.3, -0.25) is 14.7 Å². The molecule has 0 aliphatic carbocycles. The van der Waals surface area contributed by atoms with Crippen molar-refractivity contribution in [2.45, 2.75) is 31.8 Å². The number of para-hydroxylation sites is 1. The van der Waals surface area contributed by atoms with E-state index in [1.165, 1.54) is 11.3 Å². The summed E-state index contributed by atoms with van der Waals surface area (Å²) in [6.07, 6.45) is 6.56. The van der Waals surface area contributed by atoms with Gasteiger partial charge < -0.3 is 14.7 Å². The molecule has 6 heteroatoms. The molecular weight excluding hydrogens is 398 g/mol. The van der Waals surface area contributed by atoms with Gasteiger partial charge in [-0.25, -0.2) is 0 Å². The Morgan fingerprint density at radius 3 is 2.50 bits per heavy atom. The lowest BCUT2D eigenvalue weighted by molar-refractivity contribution is -0.132. The maximum atomic E-state index is 13.0. The number of amides is 1. The van der Waals surface area contributed by atoms with Gasteiger partial charge in [0.2, 0.25) is 5.91 Å². The van der Waals surface area contributed by atoms with Crippen molar-refractivity contribution in [1.82, 2.24) is 19.7 Å². The molecular formula is C26H37N5O. The largest absolute Gasteiger partial charge is 0.368 e. The Balaban J connectivity index is 1.28. The fraction of sp³-hybridized carbons (Fsp3) is 0.538. The van der Waals surface area contributed by atoms with Crippen LogP contribution < -0.4 is 4.90 Å². The Labute approximate surface area is 192 Å². The number of nitrogens with zero attached hydrogens (tertiary/aromatic N) is 5. The van der Waals surface area contributed by atoms with E-state index in [4.69, 9.17) is 0 Å². The van der Waals surface area contributed by atoms with Gasteiger partial charge in [-0.15, -0.1) is 0 Å². The Kier molecular flexibility index (Phi) is 7.76. The topological polar surface area (TPSA) is 42.9 Å². The van der Waals surface area contributed by atoms with Gasteiger partial charge in [0.1, 0.15) is 0 Å². The summed E-state index contributed by atoms with van der Waals surface area (Å²) in [4.78, 5) is 26.6. The van der Waals surface area contributed by atoms with Gasteiger partial charge in [0.05, 0.1) is 0 Å². The summed E-state index contributed by atoms with van der Waals surface area (Å²) in [5, 5.41) is 0. The zero-order chi connectivity index (χ0) is 22.3. The SMILES string of the molecule is CN(C)[C@@H]1CCN(Cc2cccnc2)C[C@@H]1CCC(=O)N1CCN(c2ccccc2)CC1. The monoisotopic (exact) mass is 435 g/mol. The molecule has 32 heavy (non-hydrogen) atoms. The van der Waals surface area contributed by atoms with Gasteiger partial charge in [0.15, 0.2) is 0 Å². The van der Waals surface area contributed by atoms with Crippen molar-refractivity contribution < 1.29 is 4.79 Å². The first-order valence-electron chi connectivity index (χ1n) is 12.0. The molecule has 1 aromatic carbocycles. The van der Waals surface area contributed by atoms with Gasteiger partial charge in [-0.05, 0) is 63.2 Å². The molecule has 0 radical (unpaired) electrons. The lowest BCUT2D eigenvalue weighted by Crippen LogP contribution is -2.50. The highest BCUT2D eigenvalue weighted by Crippen LogP contribution is 2.26. The molecule has 2 aliphatic rings. The van der Waals surface area contributed by atoms with Gasteiger partial charge in [0.25, 0.3) is 0 Å². The molecule has 0 N–H and O–H groups in total. The third-order valence-corrected chi connectivity index (χ3v) is 7.05. The number of aromatic nitrogens is 1. The van der Waals surface area contributed by atoms with E-state index < -0.39 is 0 Å². The minimum absolute atomic E-state index is 0.319. The second-order valence-corrected chi connectivity index (χ2v) is 9.42. The third kappa shape index (κ3) is 5.87. The van der Waals surface area contributed by atoms with Gasteiger partial charge in [-0.1, -0.05) is 24.3 Å². The van der Waals surface area contributed by atoms with Crippen molar-refractivity contribution in [2.75, 3.05) is 58.3 Å². The van der Waals surface area contributed by atoms with Crippen LogP contribution in [0.25, 0.3) is 0 Å². The van der Waals surface area contributed by atoms with Crippen LogP contribution in [0.5, 0.6) is 0 Å². The molecule has 0 unspecified atom stereocenters. The highest BCUT2D eigenvalue weighted by Gasteiger charge is 2.31. The highest BCUT2D eigenvalue weighted by molar-refractivity contribution is 5.76. The Bertz CT molecular complexity index is 836. The average Bonchev–Trinajstić information content (AvgIpc) is 2.84. The van der Waals surface area contributed by atoms with Crippen LogP contribution in [-0.2, 0) is 11.3 Å². The summed E-state index contributed by atoms with van der Waals surface area (Å²) >= 11 is 0. The summed E-state index contributed by atoms with van der Waals surface area (Å²) in [7, 11) is 4.36. The minimum atomic E-state index is 0.319. The maximum Gasteiger partial charge on any atom is 0.222 e. The van der Waals surface area contributed by atoms with E-state index in [1.807, 2.05) is 24.5 Å². The van der Waals surface area contributed by atoms with Crippen molar-refractivity contribution in [2.24, 2.45) is 5.92 Å².